The van der Waals surface area contributed by atoms with Gasteiger partial charge in [-0.3, -0.25) is 9.11 Å². The molecule has 10 heteroatoms. The van der Waals surface area contributed by atoms with Gasteiger partial charge in [0, 0.05) is 12.4 Å². The summed E-state index contributed by atoms with van der Waals surface area (Å²) in [5, 5.41) is -2.41. The lowest BCUT2D eigenvalue weighted by molar-refractivity contribution is 0.456. The van der Waals surface area contributed by atoms with E-state index in [4.69, 9.17) is 9.11 Å². The van der Waals surface area contributed by atoms with Crippen molar-refractivity contribution >= 4 is 20.2 Å². The van der Waals surface area contributed by atoms with Gasteiger partial charge in [0.1, 0.15) is 0 Å². The lowest BCUT2D eigenvalue weighted by atomic mass is 10.8. The van der Waals surface area contributed by atoms with Crippen LogP contribution >= 0.6 is 0 Å². The van der Waals surface area contributed by atoms with Gasteiger partial charge in [-0.1, -0.05) is 0 Å². The molecule has 0 bridgehead atoms. The van der Waals surface area contributed by atoms with Gasteiger partial charge in [0.2, 0.25) is 10.1 Å². The molecule has 0 aliphatic rings. The van der Waals surface area contributed by atoms with Crippen molar-refractivity contribution in [2.75, 3.05) is 0 Å². The predicted molar refractivity (Wildman–Crippen MR) is 41.7 cm³/mol. The van der Waals surface area contributed by atoms with Crippen LogP contribution < -0.4 is 0 Å². The van der Waals surface area contributed by atoms with Crippen molar-refractivity contribution in [3.05, 3.63) is 12.4 Å². The topological polar surface area (TPSA) is 135 Å². The molecule has 0 aliphatic carbocycles. The van der Waals surface area contributed by atoms with Gasteiger partial charge in [-0.25, -0.2) is 9.97 Å². The Hall–Kier alpha value is -1.10. The second-order valence-corrected chi connectivity index (χ2v) is 4.79. The van der Waals surface area contributed by atoms with E-state index in [9.17, 15) is 16.8 Å². The van der Waals surface area contributed by atoms with Gasteiger partial charge < -0.3 is 0 Å². The Bertz CT molecular complexity index is 496. The average Bonchev–Trinajstić information content (AvgIpc) is 2.01. The van der Waals surface area contributed by atoms with Crippen LogP contribution in [-0.4, -0.2) is 35.9 Å². The van der Waals surface area contributed by atoms with Gasteiger partial charge >= 0.3 is 20.2 Å². The molecule has 1 aromatic heterocycles. The number of hydrogen-bond donors (Lipinski definition) is 2. The van der Waals surface area contributed by atoms with Crippen molar-refractivity contribution in [1.82, 2.24) is 9.97 Å². The van der Waals surface area contributed by atoms with Crippen molar-refractivity contribution in [3.8, 4) is 0 Å². The molecule has 2 N–H and O–H groups in total. The Morgan fingerprint density at radius 2 is 1.14 bits per heavy atom. The first-order valence-electron chi connectivity index (χ1n) is 2.99. The molecule has 8 nitrogen and oxygen atoms in total. The number of aromatic nitrogens is 2. The highest BCUT2D eigenvalue weighted by atomic mass is 32.2. The minimum Gasteiger partial charge on any atom is -0.281 e. The fraction of sp³-hybridized carbons (Fsp3) is 0. The van der Waals surface area contributed by atoms with Gasteiger partial charge in [-0.05, 0) is 0 Å². The van der Waals surface area contributed by atoms with E-state index in [1.54, 1.807) is 0 Å². The highest BCUT2D eigenvalue weighted by molar-refractivity contribution is 7.88. The molecule has 1 aromatic rings. The molecule has 0 atom stereocenters. The summed E-state index contributed by atoms with van der Waals surface area (Å²) < 4.78 is 59.4. The van der Waals surface area contributed by atoms with E-state index in [1.807, 2.05) is 0 Å². The summed E-state index contributed by atoms with van der Waals surface area (Å²) >= 11 is 0. The van der Waals surface area contributed by atoms with Crippen LogP contribution in [0.25, 0.3) is 0 Å². The molecule has 0 fully saturated rings. The second kappa shape index (κ2) is 3.24. The third kappa shape index (κ3) is 2.23. The van der Waals surface area contributed by atoms with Crippen LogP contribution in [0.3, 0.4) is 0 Å². The zero-order chi connectivity index (χ0) is 11.0. The average molecular weight is 240 g/mol. The lowest BCUT2D eigenvalue weighted by Crippen LogP contribution is -2.12. The standard InChI is InChI=1S/C4H4N2O6S2/c7-13(8,9)3-4(14(10,11)12)6-2-1-5-3/h1-2H,(H,7,8,9)(H,10,11,12). The van der Waals surface area contributed by atoms with Crippen LogP contribution in [0.5, 0.6) is 0 Å². The van der Waals surface area contributed by atoms with E-state index in [2.05, 4.69) is 9.97 Å². The molecular formula is C4H4N2O6S2. The summed E-state index contributed by atoms with van der Waals surface area (Å²) in [5.74, 6) is 0. The summed E-state index contributed by atoms with van der Waals surface area (Å²) in [6.45, 7) is 0. The van der Waals surface area contributed by atoms with Crippen LogP contribution in [0, 0.1) is 0 Å². The Kier molecular flexibility index (Phi) is 2.54. The molecular weight excluding hydrogens is 236 g/mol. The quantitative estimate of drug-likeness (QED) is 0.626. The first-order chi connectivity index (χ1) is 6.23. The third-order valence-electron chi connectivity index (χ3n) is 1.12. The van der Waals surface area contributed by atoms with Crippen LogP contribution in [0.2, 0.25) is 0 Å². The maximum atomic E-state index is 10.6. The summed E-state index contributed by atoms with van der Waals surface area (Å²) in [7, 11) is -9.66. The first kappa shape index (κ1) is 11.0. The molecule has 14 heavy (non-hydrogen) atoms. The SMILES string of the molecule is O=S(=O)(O)c1nccnc1S(=O)(=O)O. The number of nitrogens with zero attached hydrogens (tertiary/aromatic N) is 2. The molecule has 0 unspecified atom stereocenters. The Labute approximate surface area is 79.1 Å². The summed E-state index contributed by atoms with van der Waals surface area (Å²) in [6, 6.07) is 0. The van der Waals surface area contributed by atoms with E-state index < -0.39 is 30.3 Å². The fourth-order valence-corrected chi connectivity index (χ4v) is 2.23. The predicted octanol–water partition coefficient (Wildman–Crippen LogP) is -1.03. The number of hydrogen-bond acceptors (Lipinski definition) is 6. The maximum absolute atomic E-state index is 10.6. The third-order valence-corrected chi connectivity index (χ3v) is 2.83. The van der Waals surface area contributed by atoms with Crippen molar-refractivity contribution in [1.29, 1.82) is 0 Å². The summed E-state index contributed by atoms with van der Waals surface area (Å²) in [6.07, 6.45) is 1.72. The normalized spacial score (nSPS) is 12.7. The Balaban J connectivity index is 3.64. The van der Waals surface area contributed by atoms with E-state index in [-0.39, 0.29) is 0 Å². The van der Waals surface area contributed by atoms with E-state index in [0.29, 0.717) is 0 Å². The van der Waals surface area contributed by atoms with Gasteiger partial charge in [0.15, 0.2) is 0 Å². The molecule has 0 radical (unpaired) electrons. The van der Waals surface area contributed by atoms with E-state index >= 15 is 0 Å². The highest BCUT2D eigenvalue weighted by Crippen LogP contribution is 2.13. The van der Waals surface area contributed by atoms with Crippen molar-refractivity contribution in [2.45, 2.75) is 10.1 Å². The molecule has 0 saturated carbocycles. The smallest absolute Gasteiger partial charge is 0.281 e. The van der Waals surface area contributed by atoms with Crippen molar-refractivity contribution in [3.63, 3.8) is 0 Å². The fourth-order valence-electron chi connectivity index (χ4n) is 0.666. The van der Waals surface area contributed by atoms with Gasteiger partial charge in [0.25, 0.3) is 0 Å². The molecule has 1 heterocycles. The number of rotatable bonds is 2. The molecule has 78 valence electrons. The van der Waals surface area contributed by atoms with Crippen LogP contribution in [0.15, 0.2) is 22.4 Å². The maximum Gasteiger partial charge on any atom is 0.315 e. The molecule has 0 aromatic carbocycles. The molecule has 0 spiro atoms. The van der Waals surface area contributed by atoms with E-state index in [1.165, 1.54) is 0 Å². The second-order valence-electron chi connectivity index (χ2n) is 2.12. The van der Waals surface area contributed by atoms with Gasteiger partial charge in [0.05, 0.1) is 0 Å². The summed E-state index contributed by atoms with van der Waals surface area (Å²) in [5.41, 5.74) is 0. The first-order valence-corrected chi connectivity index (χ1v) is 5.87. The largest absolute Gasteiger partial charge is 0.315 e. The molecule has 0 aliphatic heterocycles. The van der Waals surface area contributed by atoms with Gasteiger partial charge in [-0.2, -0.15) is 16.8 Å². The Morgan fingerprint density at radius 1 is 0.857 bits per heavy atom. The van der Waals surface area contributed by atoms with Crippen LogP contribution in [-0.2, 0) is 20.2 Å². The molecule has 0 amide bonds. The molecule has 0 saturated heterocycles. The van der Waals surface area contributed by atoms with Crippen LogP contribution in [0.1, 0.15) is 0 Å². The van der Waals surface area contributed by atoms with Gasteiger partial charge in [-0.15, -0.1) is 0 Å². The van der Waals surface area contributed by atoms with Crippen LogP contribution in [0.4, 0.5) is 0 Å². The Morgan fingerprint density at radius 3 is 1.36 bits per heavy atom. The van der Waals surface area contributed by atoms with E-state index in [0.717, 1.165) is 12.4 Å². The lowest BCUT2D eigenvalue weighted by Gasteiger charge is -1.99. The minimum absolute atomic E-state index is 0.859. The summed E-state index contributed by atoms with van der Waals surface area (Å²) in [4.78, 5) is 6.15. The zero-order valence-electron chi connectivity index (χ0n) is 6.39. The molecule has 1 rings (SSSR count). The highest BCUT2D eigenvalue weighted by Gasteiger charge is 2.26. The monoisotopic (exact) mass is 240 g/mol. The zero-order valence-corrected chi connectivity index (χ0v) is 8.03. The van der Waals surface area contributed by atoms with Crippen molar-refractivity contribution in [2.24, 2.45) is 0 Å². The minimum atomic E-state index is -4.83. The van der Waals surface area contributed by atoms with Crippen molar-refractivity contribution < 1.29 is 25.9 Å².